The molecule has 1 aromatic carbocycles. The van der Waals surface area contributed by atoms with E-state index >= 15 is 0 Å². The van der Waals surface area contributed by atoms with Crippen molar-refractivity contribution < 1.29 is 13.2 Å². The van der Waals surface area contributed by atoms with Gasteiger partial charge in [-0.2, -0.15) is 13.2 Å². The van der Waals surface area contributed by atoms with Crippen LogP contribution in [0.1, 0.15) is 31.2 Å². The van der Waals surface area contributed by atoms with Crippen molar-refractivity contribution in [1.82, 2.24) is 0 Å². The van der Waals surface area contributed by atoms with Crippen molar-refractivity contribution in [3.05, 3.63) is 28.2 Å². The Kier molecular flexibility index (Phi) is 5.24. The smallest absolute Gasteiger partial charge is 0.366 e. The molecule has 1 unspecified atom stereocenters. The first-order valence-electron chi connectivity index (χ1n) is 6.63. The Hall–Kier alpha value is -0.420. The van der Waals surface area contributed by atoms with Gasteiger partial charge in [0.25, 0.3) is 0 Å². The summed E-state index contributed by atoms with van der Waals surface area (Å²) in [6, 6.07) is 4.01. The quantitative estimate of drug-likeness (QED) is 0.625. The summed E-state index contributed by atoms with van der Waals surface area (Å²) >= 11 is 9.29. The maximum Gasteiger partial charge on any atom is 0.416 e. The lowest BCUT2D eigenvalue weighted by Crippen LogP contribution is -2.36. The van der Waals surface area contributed by atoms with E-state index in [9.17, 15) is 13.2 Å². The minimum absolute atomic E-state index is 0.187. The molecule has 1 aromatic rings. The van der Waals surface area contributed by atoms with Gasteiger partial charge in [-0.1, -0.05) is 12.8 Å². The molecule has 0 spiro atoms. The molecular formula is C14H16BrClF3N. The predicted octanol–water partition coefficient (Wildman–Crippen LogP) is 5.46. The molecule has 0 N–H and O–H groups in total. The fourth-order valence-corrected chi connectivity index (χ4v) is 3.50. The third-order valence-corrected chi connectivity index (χ3v) is 4.63. The van der Waals surface area contributed by atoms with Crippen molar-refractivity contribution in [2.24, 2.45) is 0 Å². The van der Waals surface area contributed by atoms with Gasteiger partial charge in [-0.25, -0.2) is 0 Å². The number of rotatable bonds is 2. The molecule has 1 aliphatic heterocycles. The van der Waals surface area contributed by atoms with Gasteiger partial charge >= 0.3 is 6.18 Å². The minimum atomic E-state index is -4.31. The first-order chi connectivity index (χ1) is 9.43. The Bertz CT molecular complexity index is 464. The highest BCUT2D eigenvalue weighted by atomic mass is 79.9. The molecular weight excluding hydrogens is 355 g/mol. The van der Waals surface area contributed by atoms with Crippen molar-refractivity contribution in [3.63, 3.8) is 0 Å². The van der Waals surface area contributed by atoms with Gasteiger partial charge in [-0.05, 0) is 47.0 Å². The van der Waals surface area contributed by atoms with Crippen molar-refractivity contribution in [1.29, 1.82) is 0 Å². The van der Waals surface area contributed by atoms with Crippen LogP contribution in [0.3, 0.4) is 0 Å². The second-order valence-corrected chi connectivity index (χ2v) is 6.18. The van der Waals surface area contributed by atoms with Crippen molar-refractivity contribution >= 4 is 33.2 Å². The zero-order chi connectivity index (χ0) is 14.8. The van der Waals surface area contributed by atoms with Gasteiger partial charge in [0.15, 0.2) is 0 Å². The molecule has 112 valence electrons. The summed E-state index contributed by atoms with van der Waals surface area (Å²) in [6.45, 7) is 0.835. The Balaban J connectivity index is 2.31. The van der Waals surface area contributed by atoms with Crippen LogP contribution in [0.15, 0.2) is 22.7 Å². The minimum Gasteiger partial charge on any atom is -0.366 e. The first kappa shape index (κ1) is 16.0. The second kappa shape index (κ2) is 6.56. The SMILES string of the molecule is FC(F)(F)c1ccc(N2CCCCCC2CCl)c(Br)c1. The van der Waals surface area contributed by atoms with Crippen molar-refractivity contribution in [2.75, 3.05) is 17.3 Å². The number of benzene rings is 1. The largest absolute Gasteiger partial charge is 0.416 e. The highest BCUT2D eigenvalue weighted by Crippen LogP contribution is 2.37. The van der Waals surface area contributed by atoms with Crippen molar-refractivity contribution in [3.8, 4) is 0 Å². The predicted molar refractivity (Wildman–Crippen MR) is 79.5 cm³/mol. The molecule has 0 saturated carbocycles. The number of hydrogen-bond acceptors (Lipinski definition) is 1. The van der Waals surface area contributed by atoms with Gasteiger partial charge < -0.3 is 4.90 Å². The average molecular weight is 371 g/mol. The fraction of sp³-hybridized carbons (Fsp3) is 0.571. The molecule has 0 radical (unpaired) electrons. The van der Waals surface area contributed by atoms with E-state index in [-0.39, 0.29) is 6.04 Å². The molecule has 0 bridgehead atoms. The third kappa shape index (κ3) is 3.61. The van der Waals surface area contributed by atoms with Gasteiger partial charge in [0.2, 0.25) is 0 Å². The van der Waals surface area contributed by atoms with E-state index in [1.165, 1.54) is 6.07 Å². The lowest BCUT2D eigenvalue weighted by Gasteiger charge is -2.32. The Morgan fingerprint density at radius 1 is 1.25 bits per heavy atom. The summed E-state index contributed by atoms with van der Waals surface area (Å²) in [5.74, 6) is 0.494. The van der Waals surface area contributed by atoms with E-state index in [4.69, 9.17) is 11.6 Å². The van der Waals surface area contributed by atoms with Crippen LogP contribution >= 0.6 is 27.5 Å². The highest BCUT2D eigenvalue weighted by Gasteiger charge is 2.31. The van der Waals surface area contributed by atoms with Crippen LogP contribution in [-0.2, 0) is 6.18 Å². The summed E-state index contributed by atoms with van der Waals surface area (Å²) in [6.07, 6.45) is -0.0299. The molecule has 0 aromatic heterocycles. The van der Waals surface area contributed by atoms with Crippen LogP contribution < -0.4 is 4.90 Å². The van der Waals surface area contributed by atoms with E-state index in [2.05, 4.69) is 20.8 Å². The number of anilines is 1. The molecule has 1 atom stereocenters. The lowest BCUT2D eigenvalue weighted by atomic mass is 10.1. The summed E-state index contributed by atoms with van der Waals surface area (Å²) in [5.41, 5.74) is 0.163. The first-order valence-corrected chi connectivity index (χ1v) is 7.95. The van der Waals surface area contributed by atoms with E-state index < -0.39 is 11.7 Å². The Morgan fingerprint density at radius 3 is 2.60 bits per heavy atom. The maximum atomic E-state index is 12.7. The third-order valence-electron chi connectivity index (χ3n) is 3.64. The average Bonchev–Trinajstić information content (AvgIpc) is 2.62. The maximum absolute atomic E-state index is 12.7. The fourth-order valence-electron chi connectivity index (χ4n) is 2.57. The van der Waals surface area contributed by atoms with Crippen LogP contribution in [-0.4, -0.2) is 18.5 Å². The molecule has 6 heteroatoms. The Morgan fingerprint density at radius 2 is 2.00 bits per heavy atom. The normalized spacial score (nSPS) is 20.9. The van der Waals surface area contributed by atoms with Crippen LogP contribution in [0.4, 0.5) is 18.9 Å². The molecule has 0 amide bonds. The number of hydrogen-bond donors (Lipinski definition) is 0. The standard InChI is InChI=1S/C14H16BrClF3N/c15-12-8-10(14(17,18)19)5-6-13(12)20-7-3-1-2-4-11(20)9-16/h5-6,8,11H,1-4,7,9H2. The van der Waals surface area contributed by atoms with E-state index in [0.29, 0.717) is 10.4 Å². The summed E-state index contributed by atoms with van der Waals surface area (Å²) in [7, 11) is 0. The molecule has 1 heterocycles. The zero-order valence-electron chi connectivity index (χ0n) is 10.9. The van der Waals surface area contributed by atoms with Gasteiger partial charge in [0.1, 0.15) is 0 Å². The molecule has 1 saturated heterocycles. The van der Waals surface area contributed by atoms with Gasteiger partial charge in [-0.3, -0.25) is 0 Å². The van der Waals surface area contributed by atoms with Crippen LogP contribution in [0.5, 0.6) is 0 Å². The molecule has 20 heavy (non-hydrogen) atoms. The lowest BCUT2D eigenvalue weighted by molar-refractivity contribution is -0.137. The van der Waals surface area contributed by atoms with E-state index in [1.54, 1.807) is 0 Å². The van der Waals surface area contributed by atoms with E-state index in [1.807, 2.05) is 0 Å². The van der Waals surface area contributed by atoms with Crippen LogP contribution in [0, 0.1) is 0 Å². The zero-order valence-corrected chi connectivity index (χ0v) is 13.2. The molecule has 1 aliphatic rings. The molecule has 2 rings (SSSR count). The number of alkyl halides is 4. The number of nitrogens with zero attached hydrogens (tertiary/aromatic N) is 1. The van der Waals surface area contributed by atoms with Crippen LogP contribution in [0.25, 0.3) is 0 Å². The molecule has 0 aliphatic carbocycles. The highest BCUT2D eigenvalue weighted by molar-refractivity contribution is 9.10. The Labute approximate surface area is 130 Å². The van der Waals surface area contributed by atoms with Gasteiger partial charge in [0.05, 0.1) is 11.3 Å². The summed E-state index contributed by atoms with van der Waals surface area (Å²) in [5, 5.41) is 0. The summed E-state index contributed by atoms with van der Waals surface area (Å²) in [4.78, 5) is 2.13. The molecule has 1 nitrogen and oxygen atoms in total. The van der Waals surface area contributed by atoms with E-state index in [0.717, 1.165) is 50.0 Å². The van der Waals surface area contributed by atoms with Gasteiger partial charge in [0, 0.05) is 22.9 Å². The van der Waals surface area contributed by atoms with Gasteiger partial charge in [-0.15, -0.1) is 11.6 Å². The molecule has 1 fully saturated rings. The van der Waals surface area contributed by atoms with Crippen molar-refractivity contribution in [2.45, 2.75) is 37.9 Å². The summed E-state index contributed by atoms with van der Waals surface area (Å²) < 4.78 is 38.6. The van der Waals surface area contributed by atoms with Crippen LogP contribution in [0.2, 0.25) is 0 Å². The number of halogens is 5. The topological polar surface area (TPSA) is 3.24 Å². The monoisotopic (exact) mass is 369 g/mol. The second-order valence-electron chi connectivity index (χ2n) is 5.01.